The van der Waals surface area contributed by atoms with Crippen LogP contribution >= 0.6 is 11.3 Å². The smallest absolute Gasteiger partial charge is 0.322 e. The fraction of sp³-hybridized carbons (Fsp3) is 0.379. The number of anilines is 1. The van der Waals surface area contributed by atoms with Crippen molar-refractivity contribution in [3.63, 3.8) is 0 Å². The summed E-state index contributed by atoms with van der Waals surface area (Å²) in [5.41, 5.74) is 1.57. The molecule has 3 amide bonds. The standard InChI is InChI=1S/C29H35N3O6S/c1-35-23-15-21(16-24(17-23)36-2)30-29(34)32(22-8-9-22)19-28(33)31(18-25-6-5-13-39-25)12-11-20-7-10-26(37-3)27(14-20)38-4/h5-7,10,13-17,22H,8-9,11-12,18-19H2,1-4H3,(H,30,34). The summed E-state index contributed by atoms with van der Waals surface area (Å²) in [7, 11) is 6.32. The number of nitrogens with one attached hydrogen (secondary N) is 1. The maximum Gasteiger partial charge on any atom is 0.322 e. The molecule has 1 aliphatic carbocycles. The van der Waals surface area contributed by atoms with Gasteiger partial charge in [0.25, 0.3) is 0 Å². The van der Waals surface area contributed by atoms with Crippen LogP contribution in [-0.2, 0) is 17.8 Å². The summed E-state index contributed by atoms with van der Waals surface area (Å²) in [6.45, 7) is 0.978. The Hall–Kier alpha value is -3.92. The number of methoxy groups -OCH3 is 4. The number of ether oxygens (including phenoxy) is 4. The van der Waals surface area contributed by atoms with Gasteiger partial charge in [0.2, 0.25) is 5.91 Å². The van der Waals surface area contributed by atoms with Crippen molar-refractivity contribution in [3.05, 3.63) is 64.4 Å². The number of amides is 3. The average molecular weight is 554 g/mol. The number of thiophene rings is 1. The number of hydrogen-bond acceptors (Lipinski definition) is 7. The molecule has 1 fully saturated rings. The number of urea groups is 1. The molecule has 0 spiro atoms. The molecule has 9 nitrogen and oxygen atoms in total. The minimum Gasteiger partial charge on any atom is -0.497 e. The van der Waals surface area contributed by atoms with Gasteiger partial charge in [-0.3, -0.25) is 4.79 Å². The molecular weight excluding hydrogens is 518 g/mol. The maximum absolute atomic E-state index is 13.6. The minimum absolute atomic E-state index is 0.00505. The van der Waals surface area contributed by atoms with Gasteiger partial charge in [-0.25, -0.2) is 4.79 Å². The summed E-state index contributed by atoms with van der Waals surface area (Å²) in [5.74, 6) is 2.34. The third kappa shape index (κ3) is 7.57. The molecule has 1 aromatic heterocycles. The van der Waals surface area contributed by atoms with E-state index in [-0.39, 0.29) is 24.5 Å². The normalized spacial score (nSPS) is 12.4. The molecule has 1 aliphatic rings. The van der Waals surface area contributed by atoms with Gasteiger partial charge in [-0.2, -0.15) is 0 Å². The zero-order valence-corrected chi connectivity index (χ0v) is 23.6. The fourth-order valence-corrected chi connectivity index (χ4v) is 4.98. The van der Waals surface area contributed by atoms with E-state index in [1.54, 1.807) is 62.9 Å². The van der Waals surface area contributed by atoms with Crippen LogP contribution < -0.4 is 24.3 Å². The third-order valence-corrected chi connectivity index (χ3v) is 7.42. The van der Waals surface area contributed by atoms with Crippen LogP contribution in [0.15, 0.2) is 53.9 Å². The Labute approximate surface area is 233 Å². The first-order valence-corrected chi connectivity index (χ1v) is 13.6. The summed E-state index contributed by atoms with van der Waals surface area (Å²) in [6, 6.07) is 14.7. The fourth-order valence-electron chi connectivity index (χ4n) is 4.26. The number of hydrogen-bond donors (Lipinski definition) is 1. The molecule has 0 aliphatic heterocycles. The topological polar surface area (TPSA) is 89.6 Å². The van der Waals surface area contributed by atoms with E-state index in [2.05, 4.69) is 5.32 Å². The van der Waals surface area contributed by atoms with Gasteiger partial charge in [0, 0.05) is 41.4 Å². The number of benzene rings is 2. The van der Waals surface area contributed by atoms with E-state index < -0.39 is 0 Å². The number of rotatable bonds is 13. The predicted molar refractivity (Wildman–Crippen MR) is 151 cm³/mol. The van der Waals surface area contributed by atoms with Gasteiger partial charge < -0.3 is 34.1 Å². The summed E-state index contributed by atoms with van der Waals surface area (Å²) in [5, 5.41) is 4.92. The van der Waals surface area contributed by atoms with Gasteiger partial charge in [-0.15, -0.1) is 11.3 Å². The van der Waals surface area contributed by atoms with Crippen LogP contribution in [0.3, 0.4) is 0 Å². The molecule has 39 heavy (non-hydrogen) atoms. The highest BCUT2D eigenvalue weighted by atomic mass is 32.1. The van der Waals surface area contributed by atoms with Crippen LogP contribution in [-0.4, -0.2) is 69.3 Å². The lowest BCUT2D eigenvalue weighted by Gasteiger charge is -2.28. The van der Waals surface area contributed by atoms with Gasteiger partial charge in [-0.1, -0.05) is 12.1 Å². The molecule has 208 valence electrons. The molecule has 2 aromatic carbocycles. The molecule has 10 heteroatoms. The molecule has 3 aromatic rings. The Morgan fingerprint density at radius 3 is 2.23 bits per heavy atom. The molecular formula is C29H35N3O6S. The zero-order chi connectivity index (χ0) is 27.8. The van der Waals surface area contributed by atoms with Crippen LogP contribution in [0.5, 0.6) is 23.0 Å². The van der Waals surface area contributed by atoms with Crippen LogP contribution in [0.2, 0.25) is 0 Å². The molecule has 0 radical (unpaired) electrons. The Kier molecular flexibility index (Phi) is 9.54. The molecule has 0 saturated heterocycles. The molecule has 1 heterocycles. The van der Waals surface area contributed by atoms with Gasteiger partial charge in [0.1, 0.15) is 18.0 Å². The molecule has 4 rings (SSSR count). The van der Waals surface area contributed by atoms with E-state index in [9.17, 15) is 9.59 Å². The van der Waals surface area contributed by atoms with Crippen LogP contribution in [0.4, 0.5) is 10.5 Å². The van der Waals surface area contributed by atoms with Gasteiger partial charge >= 0.3 is 6.03 Å². The van der Waals surface area contributed by atoms with Crippen molar-refractivity contribution in [1.82, 2.24) is 9.80 Å². The Balaban J connectivity index is 1.47. The van der Waals surface area contributed by atoms with E-state index in [1.807, 2.05) is 40.6 Å². The van der Waals surface area contributed by atoms with Crippen LogP contribution in [0, 0.1) is 0 Å². The second-order valence-electron chi connectivity index (χ2n) is 9.22. The maximum atomic E-state index is 13.6. The first-order valence-electron chi connectivity index (χ1n) is 12.8. The van der Waals surface area contributed by atoms with Crippen molar-refractivity contribution in [3.8, 4) is 23.0 Å². The van der Waals surface area contributed by atoms with E-state index in [0.29, 0.717) is 48.2 Å². The lowest BCUT2D eigenvalue weighted by atomic mass is 10.1. The van der Waals surface area contributed by atoms with Gasteiger partial charge in [-0.05, 0) is 48.4 Å². The second-order valence-corrected chi connectivity index (χ2v) is 10.3. The average Bonchev–Trinajstić information content (AvgIpc) is 3.67. The number of carbonyl (C=O) groups excluding carboxylic acids is 2. The van der Waals surface area contributed by atoms with Crippen molar-refractivity contribution < 1.29 is 28.5 Å². The first kappa shape index (κ1) is 28.1. The van der Waals surface area contributed by atoms with Gasteiger partial charge in [0.05, 0.1) is 35.0 Å². The van der Waals surface area contributed by atoms with Crippen molar-refractivity contribution in [2.24, 2.45) is 0 Å². The summed E-state index contributed by atoms with van der Waals surface area (Å²) >= 11 is 1.61. The lowest BCUT2D eigenvalue weighted by molar-refractivity contribution is -0.132. The highest BCUT2D eigenvalue weighted by Crippen LogP contribution is 2.30. The van der Waals surface area contributed by atoms with Crippen molar-refractivity contribution in [2.75, 3.05) is 46.8 Å². The largest absolute Gasteiger partial charge is 0.497 e. The zero-order valence-electron chi connectivity index (χ0n) is 22.8. The lowest BCUT2D eigenvalue weighted by Crippen LogP contribution is -2.45. The monoisotopic (exact) mass is 553 g/mol. The summed E-state index contributed by atoms with van der Waals surface area (Å²) in [4.78, 5) is 31.5. The number of nitrogens with zero attached hydrogens (tertiary/aromatic N) is 2. The van der Waals surface area contributed by atoms with Crippen LogP contribution in [0.1, 0.15) is 23.3 Å². The number of carbonyl (C=O) groups is 2. The van der Waals surface area contributed by atoms with Crippen LogP contribution in [0.25, 0.3) is 0 Å². The third-order valence-electron chi connectivity index (χ3n) is 6.55. The van der Waals surface area contributed by atoms with Crippen molar-refractivity contribution in [1.29, 1.82) is 0 Å². The molecule has 0 atom stereocenters. The van der Waals surface area contributed by atoms with E-state index >= 15 is 0 Å². The quantitative estimate of drug-likeness (QED) is 0.319. The van der Waals surface area contributed by atoms with Crippen molar-refractivity contribution >= 4 is 29.0 Å². The van der Waals surface area contributed by atoms with Gasteiger partial charge in [0.15, 0.2) is 11.5 Å². The highest BCUT2D eigenvalue weighted by molar-refractivity contribution is 7.09. The minimum atomic E-state index is -0.322. The molecule has 1 N–H and O–H groups in total. The van der Waals surface area contributed by atoms with E-state index in [4.69, 9.17) is 18.9 Å². The first-order chi connectivity index (χ1) is 18.9. The Morgan fingerprint density at radius 1 is 0.923 bits per heavy atom. The summed E-state index contributed by atoms with van der Waals surface area (Å²) in [6.07, 6.45) is 2.38. The van der Waals surface area contributed by atoms with Crippen molar-refractivity contribution in [2.45, 2.75) is 31.8 Å². The summed E-state index contributed by atoms with van der Waals surface area (Å²) < 4.78 is 21.4. The van der Waals surface area contributed by atoms with E-state index in [1.165, 1.54) is 0 Å². The Morgan fingerprint density at radius 2 is 1.64 bits per heavy atom. The highest BCUT2D eigenvalue weighted by Gasteiger charge is 2.35. The molecule has 0 unspecified atom stereocenters. The molecule has 1 saturated carbocycles. The SMILES string of the molecule is COc1cc(NC(=O)N(CC(=O)N(CCc2ccc(OC)c(OC)c2)Cc2cccs2)C2CC2)cc(OC)c1. The Bertz CT molecular complexity index is 1240. The second kappa shape index (κ2) is 13.2. The van der Waals surface area contributed by atoms with E-state index in [0.717, 1.165) is 23.3 Å². The predicted octanol–water partition coefficient (Wildman–Crippen LogP) is 5.05. The molecule has 0 bridgehead atoms.